The number of rotatable bonds is 6. The Bertz CT molecular complexity index is 422. The van der Waals surface area contributed by atoms with Gasteiger partial charge in [-0.15, -0.1) is 0 Å². The third-order valence-electron chi connectivity index (χ3n) is 2.53. The topological polar surface area (TPSA) is 43.4 Å². The third-order valence-corrected chi connectivity index (χ3v) is 2.53. The van der Waals surface area contributed by atoms with Gasteiger partial charge in [0.25, 0.3) is 0 Å². The van der Waals surface area contributed by atoms with E-state index in [2.05, 4.69) is 13.8 Å². The molecule has 0 unspecified atom stereocenters. The molecular formula is C15H20O3. The summed E-state index contributed by atoms with van der Waals surface area (Å²) in [7, 11) is 0. The lowest BCUT2D eigenvalue weighted by Gasteiger charge is -2.11. The molecule has 18 heavy (non-hydrogen) atoms. The van der Waals surface area contributed by atoms with Crippen LogP contribution in [0.15, 0.2) is 24.3 Å². The number of ether oxygens (including phenoxy) is 1. The summed E-state index contributed by atoms with van der Waals surface area (Å²) in [6.07, 6.45) is 0.812. The molecule has 0 fully saturated rings. The second-order valence-electron chi connectivity index (χ2n) is 4.91. The van der Waals surface area contributed by atoms with Gasteiger partial charge in [0.1, 0.15) is 18.8 Å². The Morgan fingerprint density at radius 2 is 1.78 bits per heavy atom. The predicted molar refractivity (Wildman–Crippen MR) is 70.1 cm³/mol. The first-order valence-corrected chi connectivity index (χ1v) is 6.21. The lowest BCUT2D eigenvalue weighted by atomic mass is 9.98. The van der Waals surface area contributed by atoms with Crippen molar-refractivity contribution in [3.8, 4) is 0 Å². The number of carbonyl (C=O) groups excluding carboxylic acids is 2. The fourth-order valence-electron chi connectivity index (χ4n) is 1.75. The highest BCUT2D eigenvalue weighted by atomic mass is 16.5. The zero-order valence-corrected chi connectivity index (χ0v) is 11.2. The molecule has 0 radical (unpaired) electrons. The largest absolute Gasteiger partial charge is 0.460 e. The van der Waals surface area contributed by atoms with E-state index < -0.39 is 5.97 Å². The van der Waals surface area contributed by atoms with Gasteiger partial charge in [-0.2, -0.15) is 0 Å². The highest BCUT2D eigenvalue weighted by Crippen LogP contribution is 2.15. The quantitative estimate of drug-likeness (QED) is 0.574. The molecule has 0 aliphatic heterocycles. The van der Waals surface area contributed by atoms with Gasteiger partial charge < -0.3 is 4.74 Å². The van der Waals surface area contributed by atoms with Crippen molar-refractivity contribution in [3.05, 3.63) is 35.4 Å². The average molecular weight is 248 g/mol. The van der Waals surface area contributed by atoms with Crippen LogP contribution in [0.25, 0.3) is 0 Å². The molecule has 1 aromatic carbocycles. The van der Waals surface area contributed by atoms with Crippen LogP contribution in [0.4, 0.5) is 0 Å². The van der Waals surface area contributed by atoms with Crippen molar-refractivity contribution in [3.63, 3.8) is 0 Å². The maximum Gasteiger partial charge on any atom is 0.313 e. The predicted octanol–water partition coefficient (Wildman–Crippen LogP) is 2.91. The van der Waals surface area contributed by atoms with Crippen LogP contribution in [0.3, 0.4) is 0 Å². The van der Waals surface area contributed by atoms with Gasteiger partial charge >= 0.3 is 5.97 Å². The van der Waals surface area contributed by atoms with Gasteiger partial charge in [-0.05, 0) is 30.4 Å². The van der Waals surface area contributed by atoms with Crippen LogP contribution in [-0.4, -0.2) is 11.8 Å². The molecule has 0 saturated heterocycles. The summed E-state index contributed by atoms with van der Waals surface area (Å²) in [4.78, 5) is 22.1. The van der Waals surface area contributed by atoms with Gasteiger partial charge in [-0.1, -0.05) is 38.1 Å². The molecule has 0 spiro atoms. The van der Waals surface area contributed by atoms with Crippen LogP contribution < -0.4 is 0 Å². The maximum absolute atomic E-state index is 11.3. The standard InChI is InChI=1S/C15H20O3/c1-11(2)8-13-6-4-5-7-14(13)10-18-15(17)9-12(3)16/h4-7,11H,8-10H2,1-3H3. The van der Waals surface area contributed by atoms with E-state index in [0.717, 1.165) is 12.0 Å². The molecule has 3 heteroatoms. The Kier molecular flexibility index (Phi) is 5.56. The summed E-state index contributed by atoms with van der Waals surface area (Å²) in [5.74, 6) is -0.0728. The van der Waals surface area contributed by atoms with Gasteiger partial charge in [0, 0.05) is 0 Å². The van der Waals surface area contributed by atoms with Crippen LogP contribution in [0.1, 0.15) is 38.3 Å². The van der Waals surface area contributed by atoms with Gasteiger partial charge in [-0.3, -0.25) is 9.59 Å². The minimum absolute atomic E-state index is 0.146. The van der Waals surface area contributed by atoms with Crippen molar-refractivity contribution in [2.75, 3.05) is 0 Å². The number of Topliss-reactive ketones (excluding diaryl/α,β-unsaturated/α-hetero) is 1. The molecule has 0 aliphatic carbocycles. The van der Waals surface area contributed by atoms with Crippen molar-refractivity contribution in [2.45, 2.75) is 40.2 Å². The summed E-state index contributed by atoms with van der Waals surface area (Å²) in [6, 6.07) is 7.92. The molecule has 0 bridgehead atoms. The van der Waals surface area contributed by atoms with E-state index >= 15 is 0 Å². The van der Waals surface area contributed by atoms with Crippen molar-refractivity contribution in [1.29, 1.82) is 0 Å². The number of hydrogen-bond acceptors (Lipinski definition) is 3. The number of hydrogen-bond donors (Lipinski definition) is 0. The Balaban J connectivity index is 2.61. The van der Waals surface area contributed by atoms with E-state index in [0.29, 0.717) is 5.92 Å². The molecule has 0 heterocycles. The number of ketones is 1. The van der Waals surface area contributed by atoms with Crippen LogP contribution in [-0.2, 0) is 27.4 Å². The Labute approximate surface area is 108 Å². The Morgan fingerprint density at radius 1 is 1.17 bits per heavy atom. The molecule has 3 nitrogen and oxygen atoms in total. The van der Waals surface area contributed by atoms with Gasteiger partial charge in [0.05, 0.1) is 0 Å². The molecule has 0 aromatic heterocycles. The van der Waals surface area contributed by atoms with Crippen molar-refractivity contribution in [1.82, 2.24) is 0 Å². The van der Waals surface area contributed by atoms with Crippen LogP contribution in [0, 0.1) is 5.92 Å². The monoisotopic (exact) mass is 248 g/mol. The molecule has 0 amide bonds. The number of esters is 1. The molecule has 0 atom stereocenters. The van der Waals surface area contributed by atoms with Gasteiger partial charge in [-0.25, -0.2) is 0 Å². The fraction of sp³-hybridized carbons (Fsp3) is 0.467. The van der Waals surface area contributed by atoms with Gasteiger partial charge in [0.2, 0.25) is 0 Å². The van der Waals surface area contributed by atoms with E-state index in [1.165, 1.54) is 12.5 Å². The number of benzene rings is 1. The van der Waals surface area contributed by atoms with E-state index in [-0.39, 0.29) is 18.8 Å². The normalized spacial score (nSPS) is 10.4. The Morgan fingerprint density at radius 3 is 2.33 bits per heavy atom. The zero-order valence-electron chi connectivity index (χ0n) is 11.2. The summed E-state index contributed by atoms with van der Waals surface area (Å²) in [5.41, 5.74) is 2.21. The van der Waals surface area contributed by atoms with Crippen molar-refractivity contribution in [2.24, 2.45) is 5.92 Å². The van der Waals surface area contributed by atoms with Crippen LogP contribution >= 0.6 is 0 Å². The molecule has 1 aromatic rings. The first-order chi connectivity index (χ1) is 8.49. The SMILES string of the molecule is CC(=O)CC(=O)OCc1ccccc1CC(C)C. The van der Waals surface area contributed by atoms with Crippen LogP contribution in [0.2, 0.25) is 0 Å². The molecule has 0 N–H and O–H groups in total. The highest BCUT2D eigenvalue weighted by molar-refractivity contribution is 5.94. The van der Waals surface area contributed by atoms with Crippen LogP contribution in [0.5, 0.6) is 0 Å². The highest BCUT2D eigenvalue weighted by Gasteiger charge is 2.09. The van der Waals surface area contributed by atoms with Crippen molar-refractivity contribution >= 4 is 11.8 Å². The maximum atomic E-state index is 11.3. The average Bonchev–Trinajstić information content (AvgIpc) is 2.26. The molecule has 1 rings (SSSR count). The lowest BCUT2D eigenvalue weighted by Crippen LogP contribution is -2.10. The zero-order chi connectivity index (χ0) is 13.5. The fourth-order valence-corrected chi connectivity index (χ4v) is 1.75. The minimum atomic E-state index is -0.457. The minimum Gasteiger partial charge on any atom is -0.460 e. The molecule has 0 aliphatic rings. The molecule has 0 saturated carbocycles. The van der Waals surface area contributed by atoms with E-state index in [1.54, 1.807) is 0 Å². The molecule has 98 valence electrons. The first-order valence-electron chi connectivity index (χ1n) is 6.21. The van der Waals surface area contributed by atoms with Crippen molar-refractivity contribution < 1.29 is 14.3 Å². The molecular weight excluding hydrogens is 228 g/mol. The Hall–Kier alpha value is -1.64. The smallest absolute Gasteiger partial charge is 0.313 e. The van der Waals surface area contributed by atoms with E-state index in [9.17, 15) is 9.59 Å². The van der Waals surface area contributed by atoms with E-state index in [1.807, 2.05) is 24.3 Å². The summed E-state index contributed by atoms with van der Waals surface area (Å²) in [5, 5.41) is 0. The summed E-state index contributed by atoms with van der Waals surface area (Å²) < 4.78 is 5.10. The third kappa shape index (κ3) is 5.13. The number of carbonyl (C=O) groups is 2. The van der Waals surface area contributed by atoms with E-state index in [4.69, 9.17) is 4.74 Å². The summed E-state index contributed by atoms with van der Waals surface area (Å²) >= 11 is 0. The first kappa shape index (κ1) is 14.4. The summed E-state index contributed by atoms with van der Waals surface area (Å²) in [6.45, 7) is 5.93. The lowest BCUT2D eigenvalue weighted by molar-refractivity contribution is -0.146. The second kappa shape index (κ2) is 6.94. The van der Waals surface area contributed by atoms with Gasteiger partial charge in [0.15, 0.2) is 0 Å². The second-order valence-corrected chi connectivity index (χ2v) is 4.91.